The summed E-state index contributed by atoms with van der Waals surface area (Å²) in [5.41, 5.74) is 5.57. The zero-order chi connectivity index (χ0) is 18.1. The van der Waals surface area contributed by atoms with Crippen LogP contribution in [-0.4, -0.2) is 34.4 Å². The summed E-state index contributed by atoms with van der Waals surface area (Å²) in [5, 5.41) is 0. The van der Waals surface area contributed by atoms with Gasteiger partial charge in [0.25, 0.3) is 5.56 Å². The quantitative estimate of drug-likeness (QED) is 0.589. The first kappa shape index (κ1) is 16.6. The minimum absolute atomic E-state index is 0.0540. The van der Waals surface area contributed by atoms with Crippen LogP contribution in [0.2, 0.25) is 0 Å². The number of benzene rings is 1. The number of hydrogen-bond acceptors (Lipinski definition) is 3. The van der Waals surface area contributed by atoms with Crippen LogP contribution in [-0.2, 0) is 12.8 Å². The van der Waals surface area contributed by atoms with Crippen LogP contribution in [0.4, 0.5) is 0 Å². The fourth-order valence-corrected chi connectivity index (χ4v) is 3.25. The number of pyridine rings is 1. The van der Waals surface area contributed by atoms with Gasteiger partial charge >= 0.3 is 0 Å². The number of aromatic nitrogens is 2. The molecular weight excluding hydrogens is 322 g/mol. The van der Waals surface area contributed by atoms with Crippen molar-refractivity contribution in [2.75, 3.05) is 20.1 Å². The van der Waals surface area contributed by atoms with Gasteiger partial charge in [-0.1, -0.05) is 29.5 Å². The monoisotopic (exact) mass is 343 g/mol. The summed E-state index contributed by atoms with van der Waals surface area (Å²) in [6.07, 6.45) is 3.37. The third kappa shape index (κ3) is 3.26. The number of aryl methyl sites for hydroxylation is 1. The average molecular weight is 343 g/mol. The fourth-order valence-electron chi connectivity index (χ4n) is 3.25. The first-order chi connectivity index (χ1) is 12.6. The standard InChI is InChI=1S/C22H21N3O/c1-16-3-5-17(6-4-16)7-8-18-9-14-25-21(15-18)23-20-11-13-24(2)12-10-19(20)22(25)26/h3-6,9,14-15H,10-13H2,1-2H3. The molecule has 2 aromatic heterocycles. The van der Waals surface area contributed by atoms with Crippen molar-refractivity contribution in [1.29, 1.82) is 0 Å². The Morgan fingerprint density at radius 3 is 2.54 bits per heavy atom. The molecule has 0 aliphatic carbocycles. The van der Waals surface area contributed by atoms with Crippen molar-refractivity contribution in [3.8, 4) is 11.8 Å². The van der Waals surface area contributed by atoms with E-state index in [1.807, 2.05) is 24.3 Å². The number of fused-ring (bicyclic) bond motifs is 2. The van der Waals surface area contributed by atoms with Crippen molar-refractivity contribution < 1.29 is 0 Å². The normalized spacial score (nSPS) is 14.4. The van der Waals surface area contributed by atoms with Crippen molar-refractivity contribution in [3.05, 3.63) is 80.9 Å². The van der Waals surface area contributed by atoms with E-state index < -0.39 is 0 Å². The minimum Gasteiger partial charge on any atom is -0.306 e. The van der Waals surface area contributed by atoms with Crippen LogP contribution in [0.5, 0.6) is 0 Å². The van der Waals surface area contributed by atoms with Gasteiger partial charge in [0, 0.05) is 42.4 Å². The molecule has 3 aromatic rings. The number of rotatable bonds is 0. The van der Waals surface area contributed by atoms with Gasteiger partial charge in [-0.15, -0.1) is 0 Å². The molecule has 1 aromatic carbocycles. The highest BCUT2D eigenvalue weighted by Crippen LogP contribution is 2.12. The summed E-state index contributed by atoms with van der Waals surface area (Å²) in [6.45, 7) is 3.89. The molecule has 4 nitrogen and oxygen atoms in total. The highest BCUT2D eigenvalue weighted by atomic mass is 16.1. The second-order valence-corrected chi connectivity index (χ2v) is 6.91. The van der Waals surface area contributed by atoms with Gasteiger partial charge in [0.2, 0.25) is 0 Å². The lowest BCUT2D eigenvalue weighted by atomic mass is 10.1. The maximum Gasteiger partial charge on any atom is 0.261 e. The molecule has 1 aliphatic rings. The second kappa shape index (κ2) is 6.78. The van der Waals surface area contributed by atoms with Crippen molar-refractivity contribution in [2.45, 2.75) is 19.8 Å². The van der Waals surface area contributed by atoms with Crippen LogP contribution < -0.4 is 5.56 Å². The van der Waals surface area contributed by atoms with Crippen LogP contribution in [0.25, 0.3) is 5.65 Å². The molecule has 0 bridgehead atoms. The van der Waals surface area contributed by atoms with Crippen molar-refractivity contribution >= 4 is 5.65 Å². The third-order valence-electron chi connectivity index (χ3n) is 4.89. The molecule has 26 heavy (non-hydrogen) atoms. The molecule has 0 saturated carbocycles. The van der Waals surface area contributed by atoms with E-state index in [4.69, 9.17) is 4.98 Å². The smallest absolute Gasteiger partial charge is 0.261 e. The molecule has 0 fully saturated rings. The fraction of sp³-hybridized carbons (Fsp3) is 0.273. The summed E-state index contributed by atoms with van der Waals surface area (Å²) in [4.78, 5) is 19.8. The van der Waals surface area contributed by atoms with Gasteiger partial charge in [0.05, 0.1) is 5.69 Å². The molecule has 1 aliphatic heterocycles. The highest BCUT2D eigenvalue weighted by molar-refractivity contribution is 5.51. The SMILES string of the molecule is Cc1ccc(C#Cc2ccn3c(=O)c4c(nc3c2)CCN(C)CC4)cc1. The lowest BCUT2D eigenvalue weighted by Crippen LogP contribution is -2.23. The van der Waals surface area contributed by atoms with Crippen LogP contribution in [0, 0.1) is 18.8 Å². The molecule has 0 N–H and O–H groups in total. The molecule has 0 unspecified atom stereocenters. The predicted octanol–water partition coefficient (Wildman–Crippen LogP) is 2.43. The number of likely N-dealkylation sites (N-methyl/N-ethyl adjacent to an activating group) is 1. The number of hydrogen-bond donors (Lipinski definition) is 0. The maximum absolute atomic E-state index is 12.8. The predicted molar refractivity (Wildman–Crippen MR) is 104 cm³/mol. The molecule has 4 heteroatoms. The Morgan fingerprint density at radius 2 is 1.73 bits per heavy atom. The van der Waals surface area contributed by atoms with E-state index in [0.29, 0.717) is 5.65 Å². The summed E-state index contributed by atoms with van der Waals surface area (Å²) in [6, 6.07) is 11.9. The lowest BCUT2D eigenvalue weighted by molar-refractivity contribution is 0.352. The molecule has 0 amide bonds. The van der Waals surface area contributed by atoms with Crippen molar-refractivity contribution in [2.24, 2.45) is 0 Å². The molecule has 0 spiro atoms. The van der Waals surface area contributed by atoms with Gasteiger partial charge in [-0.3, -0.25) is 9.20 Å². The molecular formula is C22H21N3O. The van der Waals surface area contributed by atoms with Crippen LogP contribution >= 0.6 is 0 Å². The van der Waals surface area contributed by atoms with Gasteiger partial charge < -0.3 is 4.90 Å². The Kier molecular flexibility index (Phi) is 4.32. The topological polar surface area (TPSA) is 37.6 Å². The molecule has 4 rings (SSSR count). The molecule has 0 saturated heterocycles. The summed E-state index contributed by atoms with van der Waals surface area (Å²) in [7, 11) is 2.09. The van der Waals surface area contributed by atoms with Gasteiger partial charge in [-0.05, 0) is 44.7 Å². The maximum atomic E-state index is 12.8. The van der Waals surface area contributed by atoms with Gasteiger partial charge in [-0.2, -0.15) is 0 Å². The van der Waals surface area contributed by atoms with E-state index in [-0.39, 0.29) is 5.56 Å². The van der Waals surface area contributed by atoms with E-state index in [1.165, 1.54) is 5.56 Å². The summed E-state index contributed by atoms with van der Waals surface area (Å²) >= 11 is 0. The van der Waals surface area contributed by atoms with E-state index in [9.17, 15) is 4.79 Å². The first-order valence-electron chi connectivity index (χ1n) is 8.91. The van der Waals surface area contributed by atoms with Gasteiger partial charge in [-0.25, -0.2) is 4.98 Å². The van der Waals surface area contributed by atoms with E-state index >= 15 is 0 Å². The average Bonchev–Trinajstić information content (AvgIpc) is 2.83. The lowest BCUT2D eigenvalue weighted by Gasteiger charge is -2.10. The molecule has 0 atom stereocenters. The zero-order valence-electron chi connectivity index (χ0n) is 15.1. The van der Waals surface area contributed by atoms with E-state index in [2.05, 4.69) is 42.8 Å². The number of nitrogens with zero attached hydrogens (tertiary/aromatic N) is 3. The Balaban J connectivity index is 1.74. The third-order valence-corrected chi connectivity index (χ3v) is 4.89. The van der Waals surface area contributed by atoms with Crippen LogP contribution in [0.15, 0.2) is 47.4 Å². The Hall–Kier alpha value is -2.90. The zero-order valence-corrected chi connectivity index (χ0v) is 15.1. The van der Waals surface area contributed by atoms with Crippen LogP contribution in [0.3, 0.4) is 0 Å². The van der Waals surface area contributed by atoms with Crippen molar-refractivity contribution in [1.82, 2.24) is 14.3 Å². The minimum atomic E-state index is 0.0540. The second-order valence-electron chi connectivity index (χ2n) is 6.91. The molecule has 130 valence electrons. The van der Waals surface area contributed by atoms with Gasteiger partial charge in [0.1, 0.15) is 5.65 Å². The summed E-state index contributed by atoms with van der Waals surface area (Å²) in [5.74, 6) is 6.35. The van der Waals surface area contributed by atoms with Gasteiger partial charge in [0.15, 0.2) is 0 Å². The summed E-state index contributed by atoms with van der Waals surface area (Å²) < 4.78 is 1.64. The highest BCUT2D eigenvalue weighted by Gasteiger charge is 2.17. The Morgan fingerprint density at radius 1 is 1.00 bits per heavy atom. The van der Waals surface area contributed by atoms with Crippen molar-refractivity contribution in [3.63, 3.8) is 0 Å². The first-order valence-corrected chi connectivity index (χ1v) is 8.91. The van der Waals surface area contributed by atoms with E-state index in [1.54, 1.807) is 10.6 Å². The van der Waals surface area contributed by atoms with Crippen LogP contribution in [0.1, 0.15) is 27.9 Å². The van der Waals surface area contributed by atoms with E-state index in [0.717, 1.165) is 48.3 Å². The Bertz CT molecular complexity index is 1080. The largest absolute Gasteiger partial charge is 0.306 e. The Labute approximate surface area is 153 Å². The molecule has 0 radical (unpaired) electrons. The molecule has 3 heterocycles.